The number of aliphatic hydroxyl groups is 3. The molecule has 6 rings (SSSR count). The quantitative estimate of drug-likeness (QED) is 0.408. The Bertz CT molecular complexity index is 977. The summed E-state index contributed by atoms with van der Waals surface area (Å²) in [5.74, 6) is 2.99. The van der Waals surface area contributed by atoms with Crippen LogP contribution in [0, 0.1) is 52.3 Å². The van der Waals surface area contributed by atoms with Gasteiger partial charge in [0.1, 0.15) is 0 Å². The van der Waals surface area contributed by atoms with E-state index in [9.17, 15) is 20.1 Å². The average molecular weight is 603 g/mol. The largest absolute Gasteiger partial charge is 0.393 e. The van der Waals surface area contributed by atoms with Crippen molar-refractivity contribution in [2.45, 2.75) is 136 Å². The van der Waals surface area contributed by atoms with Gasteiger partial charge in [0.15, 0.2) is 0 Å². The molecule has 0 unspecified atom stereocenters. The Balaban J connectivity index is 1.02. The lowest BCUT2D eigenvalue weighted by atomic mass is 9.43. The van der Waals surface area contributed by atoms with E-state index in [0.29, 0.717) is 60.0 Å². The lowest BCUT2D eigenvalue weighted by Gasteiger charge is -2.63. The molecule has 6 fully saturated rings. The number of carbonyl (C=O) groups is 1. The van der Waals surface area contributed by atoms with Gasteiger partial charge in [-0.15, -0.1) is 0 Å². The van der Waals surface area contributed by atoms with E-state index in [1.54, 1.807) is 0 Å². The van der Waals surface area contributed by atoms with Gasteiger partial charge < -0.3 is 25.0 Å². The highest BCUT2D eigenvalue weighted by Gasteiger charge is 2.65. The summed E-state index contributed by atoms with van der Waals surface area (Å²) in [5.41, 5.74) is -0.0944. The van der Waals surface area contributed by atoms with Crippen LogP contribution in [0.2, 0.25) is 0 Å². The minimum Gasteiger partial charge on any atom is -0.393 e. The van der Waals surface area contributed by atoms with Crippen LogP contribution < -0.4 is 0 Å². The summed E-state index contributed by atoms with van der Waals surface area (Å²) >= 11 is 0. The molecule has 0 aromatic carbocycles. The number of ether oxygens (including phenoxy) is 1. The van der Waals surface area contributed by atoms with Gasteiger partial charge in [-0.3, -0.25) is 9.69 Å². The molecule has 2 heterocycles. The van der Waals surface area contributed by atoms with Crippen LogP contribution in [-0.4, -0.2) is 94.3 Å². The Morgan fingerprint density at radius 1 is 0.930 bits per heavy atom. The standard InChI is InChI=1S/C36H62N2O5/c1-22(6-9-33(42)38-14-11-25(12-15-38)21-37-19-23(2)43-24(3)20-37)28-7-8-29-34-30(18-32(41)36(28,29)5)35(4)13-10-27(39)16-26(35)17-31(34)40/h22-32,34,39-41H,6-21H2,1-5H3/t22-,23-,24+,26+,27-,28-,29+,30+,31-,32+,34+,35+,36-/m1/s1. The third kappa shape index (κ3) is 5.97. The fourth-order valence-corrected chi connectivity index (χ4v) is 12.0. The molecule has 13 atom stereocenters. The molecule has 4 saturated carbocycles. The van der Waals surface area contributed by atoms with E-state index in [1.165, 1.54) is 0 Å². The van der Waals surface area contributed by atoms with E-state index < -0.39 is 0 Å². The number of amides is 1. The Morgan fingerprint density at radius 2 is 1.63 bits per heavy atom. The van der Waals surface area contributed by atoms with Gasteiger partial charge in [0.2, 0.25) is 5.91 Å². The van der Waals surface area contributed by atoms with Gasteiger partial charge in [-0.25, -0.2) is 0 Å². The molecule has 0 spiro atoms. The zero-order chi connectivity index (χ0) is 30.7. The van der Waals surface area contributed by atoms with Crippen molar-refractivity contribution in [3.8, 4) is 0 Å². The molecule has 0 bridgehead atoms. The molecule has 7 nitrogen and oxygen atoms in total. The second-order valence-corrected chi connectivity index (χ2v) is 16.8. The number of piperidine rings is 1. The van der Waals surface area contributed by atoms with Crippen molar-refractivity contribution in [3.05, 3.63) is 0 Å². The van der Waals surface area contributed by atoms with Crippen LogP contribution in [0.1, 0.15) is 105 Å². The maximum Gasteiger partial charge on any atom is 0.222 e. The Kier molecular flexibility index (Phi) is 9.34. The smallest absolute Gasteiger partial charge is 0.222 e. The summed E-state index contributed by atoms with van der Waals surface area (Å²) in [6.07, 6.45) is 9.74. The zero-order valence-electron chi connectivity index (χ0n) is 27.8. The zero-order valence-corrected chi connectivity index (χ0v) is 27.8. The van der Waals surface area contributed by atoms with Crippen LogP contribution in [0.4, 0.5) is 0 Å². The highest BCUT2D eigenvalue weighted by molar-refractivity contribution is 5.76. The normalized spacial score (nSPS) is 48.3. The highest BCUT2D eigenvalue weighted by atomic mass is 16.5. The van der Waals surface area contributed by atoms with Crippen LogP contribution >= 0.6 is 0 Å². The number of fused-ring (bicyclic) bond motifs is 5. The number of aliphatic hydroxyl groups excluding tert-OH is 3. The van der Waals surface area contributed by atoms with Crippen LogP contribution in [0.25, 0.3) is 0 Å². The van der Waals surface area contributed by atoms with E-state index in [0.717, 1.165) is 96.9 Å². The SMILES string of the molecule is C[C@@H]1CN(CC2CCN(C(=O)CC[C@@H](C)[C@H]3CC[C@H]4[C@@H]5[C@H](O)C[C@@H]6C[C@H](O)CC[C@]6(C)[C@H]5C[C@H](O)[C@]34C)CC2)C[C@H](C)O1. The van der Waals surface area contributed by atoms with E-state index in [4.69, 9.17) is 4.74 Å². The molecule has 2 saturated heterocycles. The Hall–Kier alpha value is -0.730. The summed E-state index contributed by atoms with van der Waals surface area (Å²) in [4.78, 5) is 18.0. The number of morpholine rings is 1. The van der Waals surface area contributed by atoms with Gasteiger partial charge >= 0.3 is 0 Å². The summed E-state index contributed by atoms with van der Waals surface area (Å²) in [7, 11) is 0. The van der Waals surface area contributed by atoms with E-state index in [2.05, 4.69) is 44.4 Å². The number of hydrogen-bond acceptors (Lipinski definition) is 6. The summed E-state index contributed by atoms with van der Waals surface area (Å²) in [6, 6.07) is 0. The van der Waals surface area contributed by atoms with Gasteiger partial charge in [0.05, 0.1) is 30.5 Å². The molecule has 246 valence electrons. The van der Waals surface area contributed by atoms with Crippen molar-refractivity contribution in [1.82, 2.24) is 9.80 Å². The second kappa shape index (κ2) is 12.5. The molecule has 6 aliphatic rings. The third-order valence-corrected chi connectivity index (χ3v) is 14.3. The van der Waals surface area contributed by atoms with Gasteiger partial charge in [0.25, 0.3) is 0 Å². The molecule has 1 amide bonds. The third-order valence-electron chi connectivity index (χ3n) is 14.3. The van der Waals surface area contributed by atoms with E-state index >= 15 is 0 Å². The van der Waals surface area contributed by atoms with Crippen LogP contribution in [0.5, 0.6) is 0 Å². The van der Waals surface area contributed by atoms with Crippen molar-refractivity contribution >= 4 is 5.91 Å². The summed E-state index contributed by atoms with van der Waals surface area (Å²) in [5, 5.41) is 33.8. The second-order valence-electron chi connectivity index (χ2n) is 16.8. The lowest BCUT2D eigenvalue weighted by Crippen LogP contribution is -2.62. The summed E-state index contributed by atoms with van der Waals surface area (Å²) < 4.78 is 5.91. The molecule has 0 radical (unpaired) electrons. The van der Waals surface area contributed by atoms with Crippen LogP contribution in [-0.2, 0) is 9.53 Å². The fraction of sp³-hybridized carbons (Fsp3) is 0.972. The van der Waals surface area contributed by atoms with Gasteiger partial charge in [-0.05, 0) is 130 Å². The maximum absolute atomic E-state index is 13.3. The predicted octanol–water partition coefficient (Wildman–Crippen LogP) is 4.71. The number of rotatable bonds is 6. The Labute approximate surface area is 261 Å². The lowest BCUT2D eigenvalue weighted by molar-refractivity contribution is -0.207. The number of hydrogen-bond donors (Lipinski definition) is 3. The molecular weight excluding hydrogens is 540 g/mol. The molecule has 3 N–H and O–H groups in total. The first kappa shape index (κ1) is 32.2. The van der Waals surface area contributed by atoms with Crippen molar-refractivity contribution < 1.29 is 24.9 Å². The predicted molar refractivity (Wildman–Crippen MR) is 168 cm³/mol. The molecule has 0 aromatic rings. The monoisotopic (exact) mass is 602 g/mol. The van der Waals surface area contributed by atoms with Crippen molar-refractivity contribution in [3.63, 3.8) is 0 Å². The van der Waals surface area contributed by atoms with Gasteiger partial charge in [0, 0.05) is 39.1 Å². The first-order valence-electron chi connectivity index (χ1n) is 18.1. The van der Waals surface area contributed by atoms with Crippen molar-refractivity contribution in [2.75, 3.05) is 32.7 Å². The highest BCUT2D eigenvalue weighted by Crippen LogP contribution is 2.68. The fourth-order valence-electron chi connectivity index (χ4n) is 12.0. The van der Waals surface area contributed by atoms with Crippen molar-refractivity contribution in [2.24, 2.45) is 52.3 Å². The molecular formula is C36H62N2O5. The summed E-state index contributed by atoms with van der Waals surface area (Å²) in [6.45, 7) is 16.3. The first-order chi connectivity index (χ1) is 20.4. The molecule has 4 aliphatic carbocycles. The molecule has 43 heavy (non-hydrogen) atoms. The van der Waals surface area contributed by atoms with Gasteiger partial charge in [-0.2, -0.15) is 0 Å². The number of nitrogens with zero attached hydrogens (tertiary/aromatic N) is 2. The average Bonchev–Trinajstić information content (AvgIpc) is 3.31. The van der Waals surface area contributed by atoms with E-state index in [-0.39, 0.29) is 35.1 Å². The number of likely N-dealkylation sites (tertiary alicyclic amines) is 1. The van der Waals surface area contributed by atoms with E-state index in [1.807, 2.05) is 0 Å². The Morgan fingerprint density at radius 3 is 2.33 bits per heavy atom. The molecule has 7 heteroatoms. The molecule has 0 aromatic heterocycles. The van der Waals surface area contributed by atoms with Crippen LogP contribution in [0.15, 0.2) is 0 Å². The topological polar surface area (TPSA) is 93.5 Å². The van der Waals surface area contributed by atoms with Crippen molar-refractivity contribution in [1.29, 1.82) is 0 Å². The molecule has 2 aliphatic heterocycles. The minimum atomic E-state index is -0.365. The maximum atomic E-state index is 13.3. The minimum absolute atomic E-state index is 0.105. The van der Waals surface area contributed by atoms with Gasteiger partial charge in [-0.1, -0.05) is 20.8 Å². The number of carbonyl (C=O) groups excluding carboxylic acids is 1. The first-order valence-corrected chi connectivity index (χ1v) is 18.1. The van der Waals surface area contributed by atoms with Crippen LogP contribution in [0.3, 0.4) is 0 Å².